The van der Waals surface area contributed by atoms with Gasteiger partial charge in [-0.1, -0.05) is 13.2 Å². The first-order valence-electron chi connectivity index (χ1n) is 5.56. The molecule has 1 N–H and O–H groups in total. The molecule has 8 nitrogen and oxygen atoms in total. The normalized spacial score (nSPS) is 11.0. The summed E-state index contributed by atoms with van der Waals surface area (Å²) in [6.45, 7) is 6.80. The van der Waals surface area contributed by atoms with Gasteiger partial charge in [-0.15, -0.1) is 0 Å². The zero-order chi connectivity index (χ0) is 17.0. The fourth-order valence-electron chi connectivity index (χ4n) is 1.16. The molecule has 9 heteroatoms. The molecule has 0 rings (SSSR count). The number of allylic oxidation sites excluding steroid dienone is 2. The summed E-state index contributed by atoms with van der Waals surface area (Å²) in [5.74, 6) is -4.45. The first kappa shape index (κ1) is 19.0. The number of hydrogen-bond acceptors (Lipinski definition) is 6. The van der Waals surface area contributed by atoms with Gasteiger partial charge in [0.2, 0.25) is 23.1 Å². The Morgan fingerprint density at radius 3 is 1.38 bits per heavy atom. The van der Waals surface area contributed by atoms with Crippen LogP contribution in [-0.2, 0) is 29.5 Å². The van der Waals surface area contributed by atoms with Crippen molar-refractivity contribution in [1.29, 1.82) is 0 Å². The van der Waals surface area contributed by atoms with Crippen LogP contribution in [-0.4, -0.2) is 53.5 Å². The fraction of sp³-hybridized carbons (Fsp3) is 0.333. The van der Waals surface area contributed by atoms with Gasteiger partial charge in [0.1, 0.15) is 0 Å². The number of nitrogens with zero attached hydrogens (tertiary/aromatic N) is 1. The number of ketones is 4. The molecule has 0 heterocycles. The standard InChI is InChI=1S/C12H15NO7S/c1-7(2)11(16)9(14)5-13(21(18,19)20)6-10(15)12(17)8(3)4/h1,3,5-6H2,2,4H3,(H,18,19,20). The van der Waals surface area contributed by atoms with Crippen LogP contribution in [0.5, 0.6) is 0 Å². The number of Topliss-reactive ketones (excluding diaryl/α,β-unsaturated/α-hetero) is 4. The molecule has 0 saturated heterocycles. The molecule has 0 saturated carbocycles. The molecule has 116 valence electrons. The third-order valence-electron chi connectivity index (χ3n) is 2.25. The molecule has 0 amide bonds. The highest BCUT2D eigenvalue weighted by Gasteiger charge is 2.29. The van der Waals surface area contributed by atoms with Crippen molar-refractivity contribution < 1.29 is 32.1 Å². The summed E-state index contributed by atoms with van der Waals surface area (Å²) in [6, 6.07) is 0. The van der Waals surface area contributed by atoms with Crippen molar-refractivity contribution in [3.05, 3.63) is 24.3 Å². The minimum absolute atomic E-state index is 0.0271. The fourth-order valence-corrected chi connectivity index (χ4v) is 1.72. The van der Waals surface area contributed by atoms with E-state index < -0.39 is 46.5 Å². The molecule has 0 aliphatic rings. The molecule has 0 aromatic carbocycles. The second-order valence-corrected chi connectivity index (χ2v) is 5.72. The molecule has 0 aromatic heterocycles. The monoisotopic (exact) mass is 317 g/mol. The molecule has 21 heavy (non-hydrogen) atoms. The summed E-state index contributed by atoms with van der Waals surface area (Å²) < 4.78 is 31.2. The zero-order valence-corrected chi connectivity index (χ0v) is 12.4. The summed E-state index contributed by atoms with van der Waals surface area (Å²) in [7, 11) is -4.95. The highest BCUT2D eigenvalue weighted by atomic mass is 32.2. The maximum Gasteiger partial charge on any atom is 0.336 e. The first-order valence-corrected chi connectivity index (χ1v) is 6.96. The highest BCUT2D eigenvalue weighted by molar-refractivity contribution is 7.83. The molecule has 0 bridgehead atoms. The van der Waals surface area contributed by atoms with Crippen LogP contribution in [0.2, 0.25) is 0 Å². The lowest BCUT2D eigenvalue weighted by atomic mass is 10.1. The minimum Gasteiger partial charge on any atom is -0.289 e. The summed E-state index contributed by atoms with van der Waals surface area (Å²) in [5.41, 5.74) is -0.251. The number of carbonyl (C=O) groups is 4. The van der Waals surface area contributed by atoms with Crippen molar-refractivity contribution in [3.8, 4) is 0 Å². The van der Waals surface area contributed by atoms with Gasteiger partial charge in [0.05, 0.1) is 13.1 Å². The Morgan fingerprint density at radius 2 is 1.19 bits per heavy atom. The Bertz CT molecular complexity index is 590. The van der Waals surface area contributed by atoms with E-state index in [1.807, 2.05) is 0 Å². The van der Waals surface area contributed by atoms with Crippen LogP contribution < -0.4 is 0 Å². The van der Waals surface area contributed by atoms with E-state index in [0.717, 1.165) is 0 Å². The number of hydrogen-bond donors (Lipinski definition) is 1. The van der Waals surface area contributed by atoms with Crippen LogP contribution in [0.1, 0.15) is 13.8 Å². The van der Waals surface area contributed by atoms with E-state index in [-0.39, 0.29) is 15.5 Å². The Hall–Kier alpha value is -1.97. The Balaban J connectivity index is 5.19. The SMILES string of the molecule is C=C(C)C(=O)C(=O)CN(CC(=O)C(=O)C(=C)C)S(=O)(=O)O. The van der Waals surface area contributed by atoms with Gasteiger partial charge in [0.15, 0.2) is 0 Å². The van der Waals surface area contributed by atoms with Crippen LogP contribution >= 0.6 is 0 Å². The van der Waals surface area contributed by atoms with Crippen molar-refractivity contribution in [2.45, 2.75) is 13.8 Å². The van der Waals surface area contributed by atoms with Gasteiger partial charge < -0.3 is 0 Å². The number of rotatable bonds is 9. The molecule has 0 aliphatic carbocycles. The summed E-state index contributed by atoms with van der Waals surface area (Å²) in [6.07, 6.45) is 0. The van der Waals surface area contributed by atoms with E-state index in [1.165, 1.54) is 13.8 Å². The van der Waals surface area contributed by atoms with Gasteiger partial charge in [-0.2, -0.15) is 12.7 Å². The van der Waals surface area contributed by atoms with E-state index in [4.69, 9.17) is 4.55 Å². The maximum absolute atomic E-state index is 11.5. The van der Waals surface area contributed by atoms with Gasteiger partial charge in [0.25, 0.3) is 0 Å². The van der Waals surface area contributed by atoms with Crippen molar-refractivity contribution in [2.24, 2.45) is 0 Å². The summed E-state index contributed by atoms with van der Waals surface area (Å²) >= 11 is 0. The van der Waals surface area contributed by atoms with E-state index in [9.17, 15) is 27.6 Å². The van der Waals surface area contributed by atoms with Crippen molar-refractivity contribution in [2.75, 3.05) is 13.1 Å². The average Bonchev–Trinajstić information content (AvgIpc) is 2.34. The van der Waals surface area contributed by atoms with E-state index in [1.54, 1.807) is 0 Å². The molecule has 0 radical (unpaired) electrons. The second-order valence-electron chi connectivity index (χ2n) is 4.31. The maximum atomic E-state index is 11.5. The predicted molar refractivity (Wildman–Crippen MR) is 72.8 cm³/mol. The van der Waals surface area contributed by atoms with Crippen LogP contribution in [0.3, 0.4) is 0 Å². The van der Waals surface area contributed by atoms with Crippen LogP contribution in [0.4, 0.5) is 0 Å². The Kier molecular flexibility index (Phi) is 6.49. The smallest absolute Gasteiger partial charge is 0.289 e. The van der Waals surface area contributed by atoms with E-state index in [0.29, 0.717) is 0 Å². The van der Waals surface area contributed by atoms with Gasteiger partial charge in [-0.3, -0.25) is 23.7 Å². The van der Waals surface area contributed by atoms with Crippen LogP contribution in [0.15, 0.2) is 24.3 Å². The van der Waals surface area contributed by atoms with Crippen molar-refractivity contribution in [3.63, 3.8) is 0 Å². The van der Waals surface area contributed by atoms with Gasteiger partial charge in [-0.25, -0.2) is 0 Å². The van der Waals surface area contributed by atoms with Crippen molar-refractivity contribution in [1.82, 2.24) is 4.31 Å². The molecule has 0 atom stereocenters. The highest BCUT2D eigenvalue weighted by Crippen LogP contribution is 2.03. The zero-order valence-electron chi connectivity index (χ0n) is 11.6. The quantitative estimate of drug-likeness (QED) is 0.346. The number of carbonyl (C=O) groups excluding carboxylic acids is 4. The lowest BCUT2D eigenvalue weighted by Crippen LogP contribution is -2.42. The topological polar surface area (TPSA) is 126 Å². The first-order chi connectivity index (χ1) is 9.37. The second kappa shape index (κ2) is 7.16. The van der Waals surface area contributed by atoms with Crippen LogP contribution in [0, 0.1) is 0 Å². The van der Waals surface area contributed by atoms with Crippen molar-refractivity contribution >= 4 is 33.4 Å². The third-order valence-corrected chi connectivity index (χ3v) is 3.16. The third kappa shape index (κ3) is 5.90. The minimum atomic E-state index is -4.95. The van der Waals surface area contributed by atoms with Crippen LogP contribution in [0.25, 0.3) is 0 Å². The van der Waals surface area contributed by atoms with Gasteiger partial charge in [-0.05, 0) is 25.0 Å². The molecule has 0 aliphatic heterocycles. The predicted octanol–water partition coefficient (Wildman–Crippen LogP) is -0.480. The Labute approximate surface area is 122 Å². The Morgan fingerprint density at radius 1 is 0.905 bits per heavy atom. The molecular weight excluding hydrogens is 302 g/mol. The summed E-state index contributed by atoms with van der Waals surface area (Å²) in [4.78, 5) is 45.6. The molecule has 0 unspecified atom stereocenters. The molecule has 0 aromatic rings. The lowest BCUT2D eigenvalue weighted by molar-refractivity contribution is -0.136. The lowest BCUT2D eigenvalue weighted by Gasteiger charge is -2.16. The van der Waals surface area contributed by atoms with E-state index >= 15 is 0 Å². The molecular formula is C12H15NO7S. The molecule has 0 spiro atoms. The summed E-state index contributed by atoms with van der Waals surface area (Å²) in [5, 5.41) is 0. The average molecular weight is 317 g/mol. The molecule has 0 fully saturated rings. The largest absolute Gasteiger partial charge is 0.336 e. The van der Waals surface area contributed by atoms with E-state index in [2.05, 4.69) is 13.2 Å². The van der Waals surface area contributed by atoms with Gasteiger partial charge >= 0.3 is 10.3 Å². The van der Waals surface area contributed by atoms with Gasteiger partial charge in [0, 0.05) is 0 Å².